The quantitative estimate of drug-likeness (QED) is 0.0506. The SMILES string of the molecule is C=C(NC(=O)C(=C)NC(=O)c1csc(C2=N[C@@H]3c4csc(n4)[C@H]4NC(=S)c5csc(n5)[C@H]([C@](C)(O)[C@@H](C)O)NC(=O)[C@H]5CSC(=N5)/C(=C/C)NC(=O)[C@H]([C@@H](C)O)NC(=O)c5csc(n5)[C@]3(CC2)NC(=O)[C@H](C)NC(=O)C(=C)NC(=O)[C@H](C)NC(=O)[C@H](C(C)C)N[C@@H]2C=Cc3c([C@H](C)O)cc(nc3[C@H]2O)C(=O)O[C@@H]4C)n1)C(=O)O. The van der Waals surface area contributed by atoms with Crippen LogP contribution in [0, 0.1) is 5.92 Å². The average molecular weight is 1670 g/mol. The first-order valence-corrected chi connectivity index (χ1v) is 39.9. The number of carbonyl (C=O) groups excluding carboxylic acids is 10. The van der Waals surface area contributed by atoms with Crippen LogP contribution in [-0.4, -0.2) is 202 Å². The van der Waals surface area contributed by atoms with E-state index in [1.54, 1.807) is 32.9 Å². The molecular weight excluding hydrogens is 1590 g/mol. The number of esters is 1. The monoisotopic (exact) mass is 1670 g/mol. The first-order chi connectivity index (χ1) is 53.2. The molecule has 16 atom stereocenters. The van der Waals surface area contributed by atoms with Gasteiger partial charge >= 0.3 is 11.9 Å². The van der Waals surface area contributed by atoms with Crippen LogP contribution < -0.4 is 58.5 Å². The van der Waals surface area contributed by atoms with Gasteiger partial charge in [0.25, 0.3) is 23.6 Å². The summed E-state index contributed by atoms with van der Waals surface area (Å²) in [6.07, 6.45) is -3.28. The third-order valence-corrected chi connectivity index (χ3v) is 24.1. The number of allylic oxidation sites excluding steroid dienone is 1. The number of thiocarbonyl (C=S) groups is 1. The Labute approximate surface area is 671 Å². The standard InChI is InChI=1S/C71H82N18O18S6/c1-14-37-63-82-43(22-109-63)59(100)88-52(70(13,106)34(12)92)66-84-45(24-112-66)62(108)87-48-33(11)107-68(105)40-19-36(31(9)90)35-15-16-38(50(93)49(35)78-40)77-46(25(2)3)60(101)75-28(6)54(95)72-26(4)53(94)73-29(7)56(97)89-71(69-85-44(23-113-69)58(99)86-47(32(10)91)61(102)80-37)18-17-39(79-51(71)41-20-111-65(48)81-41)64-83-42(21-110-64)57(98)74-27(5)55(96)76-30(8)67(103)104/h14-16,19-21,23-25,28-29,31-34,38,43,46-48,50-52,77,90-93,106H,4-5,8,17-18,22H2,1-3,6-7,9-13H3,(H,72,95)(H,73,94)(H,74,98)(H,75,101)(H,76,96)(H,80,102)(H,86,99)(H,87,108)(H,88,100)(H,89,97)(H,103,104)/b37-14-/t28-,29-,31-,32+,33+,34+,38+,43+,46-,47-,48-,50-,51+,52+,70+,71+/m0/s1. The van der Waals surface area contributed by atoms with E-state index in [1.807, 2.05) is 5.32 Å². The maximum absolute atomic E-state index is 15.4. The Hall–Kier alpha value is -10.1. The predicted octanol–water partition coefficient (Wildman–Crippen LogP) is 1.52. The highest BCUT2D eigenvalue weighted by Gasteiger charge is 2.51. The summed E-state index contributed by atoms with van der Waals surface area (Å²) >= 11 is 10.8. The zero-order valence-corrected chi connectivity index (χ0v) is 67.1. The molecule has 0 unspecified atom stereocenters. The number of rotatable bonds is 11. The molecule has 0 spiro atoms. The maximum atomic E-state index is 15.4. The van der Waals surface area contributed by atoms with Gasteiger partial charge in [0.05, 0.1) is 64.6 Å². The summed E-state index contributed by atoms with van der Waals surface area (Å²) in [4.78, 5) is 188. The lowest BCUT2D eigenvalue weighted by atomic mass is 9.80. The molecule has 113 heavy (non-hydrogen) atoms. The van der Waals surface area contributed by atoms with E-state index < -0.39 is 190 Å². The van der Waals surface area contributed by atoms with E-state index in [0.717, 1.165) is 57.1 Å². The Morgan fingerprint density at radius 1 is 0.761 bits per heavy atom. The number of cyclic esters (lactones) is 1. The Balaban J connectivity index is 1.18. The fourth-order valence-corrected chi connectivity index (χ4v) is 17.3. The summed E-state index contributed by atoms with van der Waals surface area (Å²) in [5.41, 5.74) is -6.58. The van der Waals surface area contributed by atoms with E-state index >= 15 is 9.59 Å². The molecule has 5 aromatic heterocycles. The van der Waals surface area contributed by atoms with Crippen molar-refractivity contribution in [2.75, 3.05) is 5.75 Å². The molecule has 13 bridgehead atoms. The van der Waals surface area contributed by atoms with E-state index in [1.165, 1.54) is 82.1 Å². The fourth-order valence-electron chi connectivity index (χ4n) is 12.2. The topological polar surface area (TPSA) is 540 Å². The average Bonchev–Trinajstić information content (AvgIpc) is 1.66. The number of aliphatic hydroxyl groups excluding tert-OH is 4. The molecule has 5 aromatic rings. The van der Waals surface area contributed by atoms with Crippen molar-refractivity contribution in [2.24, 2.45) is 15.9 Å². The van der Waals surface area contributed by atoms with Crippen LogP contribution in [0.1, 0.15) is 192 Å². The molecule has 0 saturated heterocycles. The number of amides is 9. The molecule has 0 fully saturated rings. The van der Waals surface area contributed by atoms with Crippen LogP contribution in [0.5, 0.6) is 0 Å². The van der Waals surface area contributed by atoms with Crippen molar-refractivity contribution in [1.82, 2.24) is 83.4 Å². The molecule has 10 rings (SSSR count). The highest BCUT2D eigenvalue weighted by Crippen LogP contribution is 2.48. The van der Waals surface area contributed by atoms with Crippen LogP contribution in [0.3, 0.4) is 0 Å². The van der Waals surface area contributed by atoms with Crippen molar-refractivity contribution in [1.29, 1.82) is 0 Å². The lowest BCUT2D eigenvalue weighted by Gasteiger charge is -2.41. The number of carboxylic acid groups (broad SMARTS) is 1. The van der Waals surface area contributed by atoms with Gasteiger partial charge in [-0.2, -0.15) is 0 Å². The van der Waals surface area contributed by atoms with Crippen molar-refractivity contribution in [3.8, 4) is 0 Å². The van der Waals surface area contributed by atoms with Gasteiger partial charge in [0, 0.05) is 32.8 Å². The minimum Gasteiger partial charge on any atom is -0.477 e. The smallest absolute Gasteiger partial charge is 0.357 e. The van der Waals surface area contributed by atoms with Gasteiger partial charge in [-0.25, -0.2) is 34.5 Å². The number of aliphatic hydroxyl groups is 5. The van der Waals surface area contributed by atoms with Gasteiger partial charge in [0.15, 0.2) is 0 Å². The summed E-state index contributed by atoms with van der Waals surface area (Å²) in [5.74, 6) is -11.6. The molecule has 5 aliphatic rings. The second-order valence-corrected chi connectivity index (χ2v) is 32.5. The van der Waals surface area contributed by atoms with Gasteiger partial charge in [-0.05, 0) is 85.8 Å². The summed E-state index contributed by atoms with van der Waals surface area (Å²) in [6, 6.07) is -11.1. The third-order valence-electron chi connectivity index (χ3n) is 18.9. The highest BCUT2D eigenvalue weighted by molar-refractivity contribution is 8.14. The molecule has 600 valence electrons. The lowest BCUT2D eigenvalue weighted by Crippen LogP contribution is -2.57. The third kappa shape index (κ3) is 18.7. The van der Waals surface area contributed by atoms with Crippen LogP contribution in [0.15, 0.2) is 92.2 Å². The van der Waals surface area contributed by atoms with E-state index in [4.69, 9.17) is 36.9 Å². The van der Waals surface area contributed by atoms with Crippen LogP contribution >= 0.6 is 69.3 Å². The number of aliphatic imine (C=N–C) groups is 2. The van der Waals surface area contributed by atoms with Crippen LogP contribution in [-0.2, 0) is 48.6 Å². The van der Waals surface area contributed by atoms with Gasteiger partial charge < -0.3 is 88.5 Å². The number of nitrogens with one attached hydrogen (secondary N) is 11. The Kier molecular flexibility index (Phi) is 26.5. The molecule has 17 N–H and O–H groups in total. The number of thioether (sulfide) groups is 1. The van der Waals surface area contributed by atoms with Crippen LogP contribution in [0.2, 0.25) is 0 Å². The molecule has 0 aromatic carbocycles. The number of carbonyl (C=O) groups is 11. The molecule has 42 heteroatoms. The zero-order chi connectivity index (χ0) is 82.7. The van der Waals surface area contributed by atoms with Crippen molar-refractivity contribution in [3.05, 3.63) is 148 Å². The van der Waals surface area contributed by atoms with Crippen molar-refractivity contribution in [3.63, 3.8) is 0 Å². The van der Waals surface area contributed by atoms with Gasteiger partial charge in [-0.3, -0.25) is 58.5 Å². The second-order valence-electron chi connectivity index (χ2n) is 27.6. The first-order valence-electron chi connectivity index (χ1n) is 35.0. The maximum Gasteiger partial charge on any atom is 0.357 e. The number of thiazole rings is 4. The lowest BCUT2D eigenvalue weighted by molar-refractivity contribution is -0.134. The molecule has 4 aliphatic heterocycles. The number of hydrogen-bond acceptors (Lipinski definition) is 31. The van der Waals surface area contributed by atoms with Gasteiger partial charge in [0.1, 0.15) is 124 Å². The highest BCUT2D eigenvalue weighted by atomic mass is 32.2. The number of aromatic nitrogens is 5. The fraction of sp³-hybridized carbons (Fsp3) is 0.423. The van der Waals surface area contributed by atoms with Crippen molar-refractivity contribution in [2.45, 2.75) is 178 Å². The minimum absolute atomic E-state index is 0.00685. The summed E-state index contributed by atoms with van der Waals surface area (Å²) < 4.78 is 6.34. The Morgan fingerprint density at radius 3 is 2.13 bits per heavy atom. The molecular formula is C71H82N18O18S6. The molecule has 36 nitrogen and oxygen atoms in total. The van der Waals surface area contributed by atoms with Crippen molar-refractivity contribution >= 4 is 156 Å². The molecule has 9 heterocycles. The number of pyridine rings is 1. The second kappa shape index (κ2) is 35.1. The number of ether oxygens (including phenoxy) is 1. The number of carboxylic acids is 1. The summed E-state index contributed by atoms with van der Waals surface area (Å²) in [7, 11) is 0. The number of aliphatic carboxylic acids is 1. The van der Waals surface area contributed by atoms with Crippen molar-refractivity contribution < 1.29 is 88.1 Å². The number of nitrogens with zero attached hydrogens (tertiary/aromatic N) is 7. The summed E-state index contributed by atoms with van der Waals surface area (Å²) in [5, 5.41) is 102. The van der Waals surface area contributed by atoms with Crippen LogP contribution in [0.25, 0.3) is 6.08 Å². The van der Waals surface area contributed by atoms with E-state index in [9.17, 15) is 73.8 Å². The minimum atomic E-state index is -2.14. The first kappa shape index (κ1) is 85.3. The Morgan fingerprint density at radius 2 is 1.46 bits per heavy atom. The largest absolute Gasteiger partial charge is 0.477 e. The van der Waals surface area contributed by atoms with Gasteiger partial charge in [-0.15, -0.1) is 57.1 Å². The van der Waals surface area contributed by atoms with Gasteiger partial charge in [-0.1, -0.05) is 64.0 Å². The molecule has 1 aliphatic carbocycles. The molecule has 0 saturated carbocycles. The number of fused-ring (bicyclic) bond motifs is 7. The van der Waals surface area contributed by atoms with E-state index in [2.05, 4.69) is 87.9 Å². The molecule has 9 amide bonds. The zero-order valence-electron chi connectivity index (χ0n) is 62.2. The predicted molar refractivity (Wildman–Crippen MR) is 419 cm³/mol. The van der Waals surface area contributed by atoms with E-state index in [-0.39, 0.29) is 99.7 Å². The molecule has 0 radical (unpaired) electrons. The summed E-state index contributed by atoms with van der Waals surface area (Å²) in [6.45, 7) is 24.8. The number of hydrogen-bond donors (Lipinski definition) is 17. The normalized spacial score (nSPS) is 26.8. The van der Waals surface area contributed by atoms with Crippen LogP contribution in [0.4, 0.5) is 0 Å². The van der Waals surface area contributed by atoms with E-state index in [0.29, 0.717) is 0 Å². The Bertz CT molecular complexity index is 4860. The van der Waals surface area contributed by atoms with Gasteiger partial charge in [0.2, 0.25) is 29.5 Å².